The number of rotatable bonds is 0. The molecule has 0 aliphatic rings. The molecule has 0 saturated heterocycles. The molecule has 0 bridgehead atoms. The molecule has 0 atom stereocenters. The first-order valence-corrected chi connectivity index (χ1v) is 6.00. The van der Waals surface area contributed by atoms with Crippen LogP contribution in [0.3, 0.4) is 0 Å². The summed E-state index contributed by atoms with van der Waals surface area (Å²) >= 11 is -2.51. The van der Waals surface area contributed by atoms with Crippen molar-refractivity contribution in [3.05, 3.63) is 0 Å². The SMILES string of the molecule is O=P([O-])([O-])[O-].[Li+].[O]=[U+2]=[O]. The van der Waals surface area contributed by atoms with E-state index in [4.69, 9.17) is 23.7 Å². The van der Waals surface area contributed by atoms with Gasteiger partial charge in [0.05, 0.1) is 0 Å². The van der Waals surface area contributed by atoms with Crippen LogP contribution in [0, 0.1) is 27.8 Å². The van der Waals surface area contributed by atoms with Crippen molar-refractivity contribution in [3.63, 3.8) is 0 Å². The van der Waals surface area contributed by atoms with Crippen LogP contribution in [0.15, 0.2) is 0 Å². The molecule has 9 heteroatoms. The number of hydrogen-bond donors (Lipinski definition) is 0. The molecule has 0 aliphatic heterocycles. The van der Waals surface area contributed by atoms with Crippen molar-refractivity contribution in [2.24, 2.45) is 0 Å². The molecule has 6 nitrogen and oxygen atoms in total. The molecule has 0 aliphatic carbocycles. The summed E-state index contributed by atoms with van der Waals surface area (Å²) in [5, 5.41) is 0. The summed E-state index contributed by atoms with van der Waals surface area (Å²) in [6.07, 6.45) is 0. The van der Waals surface area contributed by atoms with E-state index in [1.807, 2.05) is 0 Å². The molecule has 0 amide bonds. The zero-order chi connectivity index (χ0) is 7.21. The molecule has 0 fully saturated rings. The average Bonchev–Trinajstić information content (AvgIpc) is 1.27. The van der Waals surface area contributed by atoms with E-state index in [0.717, 1.165) is 0 Å². The van der Waals surface area contributed by atoms with E-state index in [2.05, 4.69) is 0 Å². The molecule has 0 spiro atoms. The van der Waals surface area contributed by atoms with Crippen LogP contribution in [0.1, 0.15) is 0 Å². The summed E-state index contributed by atoms with van der Waals surface area (Å²) in [5.74, 6) is 0. The van der Waals surface area contributed by atoms with Gasteiger partial charge < -0.3 is 19.2 Å². The Labute approximate surface area is 77.7 Å². The van der Waals surface area contributed by atoms with Gasteiger partial charge in [-0.3, -0.25) is 0 Å². The van der Waals surface area contributed by atoms with Gasteiger partial charge in [-0.2, -0.15) is 7.82 Å². The molecule has 0 unspecified atom stereocenters. The predicted molar refractivity (Wildman–Crippen MR) is 8.98 cm³/mol. The van der Waals surface area contributed by atoms with Gasteiger partial charge in [0.15, 0.2) is 0 Å². The second-order valence-electron chi connectivity index (χ2n) is 0.531. The molecule has 0 radical (unpaired) electrons. The maximum atomic E-state index is 8.58. The quantitative estimate of drug-likeness (QED) is 0.308. The summed E-state index contributed by atoms with van der Waals surface area (Å²) < 4.78 is 25.7. The minimum absolute atomic E-state index is 0. The van der Waals surface area contributed by atoms with Crippen molar-refractivity contribution < 1.29 is 70.4 Å². The van der Waals surface area contributed by atoms with Crippen molar-refractivity contribution in [2.75, 3.05) is 0 Å². The Morgan fingerprint density at radius 2 is 1.11 bits per heavy atom. The summed E-state index contributed by atoms with van der Waals surface area (Å²) in [5.41, 5.74) is 0. The average molecular weight is 372 g/mol. The first-order valence-electron chi connectivity index (χ1n) is 1.14. The van der Waals surface area contributed by atoms with E-state index in [9.17, 15) is 0 Å². The summed E-state index contributed by atoms with van der Waals surface area (Å²) in [6.45, 7) is 0. The Morgan fingerprint density at radius 3 is 1.11 bits per heavy atom. The second-order valence-corrected chi connectivity index (χ2v) is 2.12. The molecule has 46 valence electrons. The molecule has 0 aromatic heterocycles. The van der Waals surface area contributed by atoms with Gasteiger partial charge in [0.2, 0.25) is 0 Å². The van der Waals surface area contributed by atoms with Crippen LogP contribution in [-0.2, 0) is 9.04 Å². The first kappa shape index (κ1) is 16.8. The van der Waals surface area contributed by atoms with Crippen LogP contribution in [0.25, 0.3) is 0 Å². The van der Waals surface area contributed by atoms with Gasteiger partial charge in [-0.1, -0.05) is 0 Å². The van der Waals surface area contributed by atoms with Gasteiger partial charge in [-0.25, -0.2) is 0 Å². The molecular formula is LiO6PU. The number of hydrogen-bond acceptors (Lipinski definition) is 6. The Hall–Kier alpha value is 1.36. The topological polar surface area (TPSA) is 120 Å². The van der Waals surface area contributed by atoms with Crippen LogP contribution in [0.4, 0.5) is 0 Å². The Kier molecular flexibility index (Phi) is 17.4. The Bertz CT molecular complexity index is 111. The van der Waals surface area contributed by atoms with E-state index in [1.54, 1.807) is 0 Å². The van der Waals surface area contributed by atoms with Crippen molar-refractivity contribution in [1.82, 2.24) is 0 Å². The molecular weight excluding hydrogens is 372 g/mol. The summed E-state index contributed by atoms with van der Waals surface area (Å²) in [4.78, 5) is 25.6. The Morgan fingerprint density at radius 1 is 1.11 bits per heavy atom. The van der Waals surface area contributed by atoms with Crippen molar-refractivity contribution in [1.29, 1.82) is 0 Å². The molecule has 0 heterocycles. The van der Waals surface area contributed by atoms with Crippen molar-refractivity contribution in [3.8, 4) is 0 Å². The number of phosphoric acid groups is 1. The van der Waals surface area contributed by atoms with Gasteiger partial charge >= 0.3 is 51.2 Å². The third kappa shape index (κ3) is 274. The van der Waals surface area contributed by atoms with E-state index in [1.165, 1.54) is 0 Å². The summed E-state index contributed by atoms with van der Waals surface area (Å²) in [6, 6.07) is 0. The third-order valence-electron chi connectivity index (χ3n) is 0. The van der Waals surface area contributed by atoms with E-state index < -0.39 is 35.6 Å². The van der Waals surface area contributed by atoms with E-state index in [0.29, 0.717) is 0 Å². The predicted octanol–water partition coefficient (Wildman–Crippen LogP) is -6.06. The van der Waals surface area contributed by atoms with E-state index in [-0.39, 0.29) is 18.9 Å². The van der Waals surface area contributed by atoms with Gasteiger partial charge in [0.1, 0.15) is 0 Å². The van der Waals surface area contributed by atoms with Crippen LogP contribution < -0.4 is 33.5 Å². The Balaban J connectivity index is -0.0000000800. The molecule has 9 heavy (non-hydrogen) atoms. The molecule has 0 N–H and O–H groups in total. The minimum atomic E-state index is -5.39. The monoisotopic (exact) mass is 372 g/mol. The van der Waals surface area contributed by atoms with Gasteiger partial charge in [-0.15, -0.1) is 0 Å². The van der Waals surface area contributed by atoms with Crippen molar-refractivity contribution >= 4 is 7.82 Å². The van der Waals surface area contributed by atoms with Crippen LogP contribution in [0.2, 0.25) is 0 Å². The maximum absolute atomic E-state index is 8.58. The zero-order valence-electron chi connectivity index (χ0n) is 4.40. The van der Waals surface area contributed by atoms with Gasteiger partial charge in [0, 0.05) is 0 Å². The molecule has 0 aromatic rings. The standard InChI is InChI=1S/Li.H3O4P.2O.U/c;1-5(2,3)4;;;/h;(H3,1,2,3,4);;;/q+1;;;;+2/p-3. The van der Waals surface area contributed by atoms with Crippen LogP contribution in [-0.4, -0.2) is 0 Å². The normalized spacial score (nSPS) is 7.44. The van der Waals surface area contributed by atoms with Crippen LogP contribution >= 0.6 is 7.82 Å². The molecule has 0 saturated carbocycles. The first-order chi connectivity index (χ1) is 3.41. The zero-order valence-corrected chi connectivity index (χ0v) is 9.45. The van der Waals surface area contributed by atoms with Gasteiger partial charge in [-0.05, 0) is 0 Å². The fourth-order valence-corrected chi connectivity index (χ4v) is 0. The van der Waals surface area contributed by atoms with Crippen LogP contribution in [0.5, 0.6) is 0 Å². The molecule has 0 rings (SSSR count). The van der Waals surface area contributed by atoms with Gasteiger partial charge in [0.25, 0.3) is 0 Å². The summed E-state index contributed by atoms with van der Waals surface area (Å²) in [7, 11) is -5.39. The molecule has 0 aromatic carbocycles. The van der Waals surface area contributed by atoms with Crippen molar-refractivity contribution in [2.45, 2.75) is 0 Å². The fourth-order valence-electron chi connectivity index (χ4n) is 0. The fraction of sp³-hybridized carbons (Fsp3) is 0. The third-order valence-corrected chi connectivity index (χ3v) is 0. The second kappa shape index (κ2) is 9.36. The van der Waals surface area contributed by atoms with E-state index >= 15 is 0 Å².